The summed E-state index contributed by atoms with van der Waals surface area (Å²) in [5.41, 5.74) is 0.829. The van der Waals surface area contributed by atoms with Crippen LogP contribution in [0.1, 0.15) is 29.3 Å². The highest BCUT2D eigenvalue weighted by atomic mass is 32.1. The molecule has 3 rings (SSSR count). The van der Waals surface area contributed by atoms with Gasteiger partial charge in [-0.2, -0.15) is 0 Å². The van der Waals surface area contributed by atoms with Gasteiger partial charge in [0.2, 0.25) is 0 Å². The zero-order valence-corrected chi connectivity index (χ0v) is 18.3. The van der Waals surface area contributed by atoms with E-state index in [-0.39, 0.29) is 11.7 Å². The van der Waals surface area contributed by atoms with Crippen LogP contribution >= 0.6 is 11.3 Å². The van der Waals surface area contributed by atoms with Crippen LogP contribution in [0.25, 0.3) is 0 Å². The molecule has 1 atom stereocenters. The lowest BCUT2D eigenvalue weighted by Crippen LogP contribution is -2.39. The van der Waals surface area contributed by atoms with Crippen LogP contribution in [0.2, 0.25) is 0 Å². The molecule has 2 heterocycles. The van der Waals surface area contributed by atoms with E-state index in [0.29, 0.717) is 22.9 Å². The minimum Gasteiger partial charge on any atom is -0.406 e. The Kier molecular flexibility index (Phi) is 8.28. The molecule has 10 heteroatoms. The zero-order chi connectivity index (χ0) is 22.3. The molecule has 0 N–H and O–H groups in total. The Morgan fingerprint density at radius 2 is 2.10 bits per heavy atom. The van der Waals surface area contributed by atoms with Crippen molar-refractivity contribution in [1.82, 2.24) is 9.88 Å². The first-order valence-electron chi connectivity index (χ1n) is 10.2. The number of hydrogen-bond donors (Lipinski definition) is 0. The maximum atomic E-state index is 12.6. The summed E-state index contributed by atoms with van der Waals surface area (Å²) in [4.78, 5) is 13.4. The first kappa shape index (κ1) is 23.5. The Hall–Kier alpha value is -2.17. The smallest absolute Gasteiger partial charge is 0.406 e. The average molecular weight is 458 g/mol. The van der Waals surface area contributed by atoms with Crippen LogP contribution in [0.15, 0.2) is 35.6 Å². The van der Waals surface area contributed by atoms with Gasteiger partial charge in [0.15, 0.2) is 0 Å². The van der Waals surface area contributed by atoms with Crippen LogP contribution in [0.5, 0.6) is 5.75 Å². The number of halogens is 3. The van der Waals surface area contributed by atoms with Gasteiger partial charge in [0.05, 0.1) is 13.2 Å². The molecule has 0 amide bonds. The molecular formula is C21H26F3N3O3S. The Balaban J connectivity index is 1.74. The summed E-state index contributed by atoms with van der Waals surface area (Å²) in [6.45, 7) is 8.57. The first-order valence-corrected chi connectivity index (χ1v) is 11.0. The van der Waals surface area contributed by atoms with E-state index in [1.54, 1.807) is 12.3 Å². The molecule has 1 unspecified atom stereocenters. The second-order valence-electron chi connectivity index (χ2n) is 7.31. The molecule has 31 heavy (non-hydrogen) atoms. The van der Waals surface area contributed by atoms with Gasteiger partial charge in [0, 0.05) is 42.2 Å². The van der Waals surface area contributed by atoms with Crippen LogP contribution in [0.3, 0.4) is 0 Å². The summed E-state index contributed by atoms with van der Waals surface area (Å²) in [6, 6.07) is 5.69. The second-order valence-corrected chi connectivity index (χ2v) is 8.43. The number of benzene rings is 1. The highest BCUT2D eigenvalue weighted by Crippen LogP contribution is 2.26. The summed E-state index contributed by atoms with van der Waals surface area (Å²) in [7, 11) is 0. The van der Waals surface area contributed by atoms with E-state index < -0.39 is 6.36 Å². The maximum Gasteiger partial charge on any atom is 0.573 e. The number of thiazole rings is 1. The Bertz CT molecular complexity index is 867. The number of alkyl halides is 3. The lowest BCUT2D eigenvalue weighted by molar-refractivity contribution is -0.274. The highest BCUT2D eigenvalue weighted by Gasteiger charge is 2.31. The van der Waals surface area contributed by atoms with E-state index in [0.717, 1.165) is 44.1 Å². The molecule has 0 aliphatic carbocycles. The second kappa shape index (κ2) is 10.9. The summed E-state index contributed by atoms with van der Waals surface area (Å²) in [5.74, 6) is -0.0869. The molecule has 0 spiro atoms. The lowest BCUT2D eigenvalue weighted by atomic mass is 10.1. The normalized spacial score (nSPS) is 16.9. The van der Waals surface area contributed by atoms with Crippen molar-refractivity contribution >= 4 is 17.0 Å². The van der Waals surface area contributed by atoms with Crippen LogP contribution in [0, 0.1) is 5.92 Å². The quantitative estimate of drug-likeness (QED) is 0.414. The number of oxime groups is 1. The van der Waals surface area contributed by atoms with Crippen molar-refractivity contribution in [1.29, 1.82) is 0 Å². The van der Waals surface area contributed by atoms with Gasteiger partial charge in [-0.1, -0.05) is 31.1 Å². The van der Waals surface area contributed by atoms with E-state index in [9.17, 15) is 13.2 Å². The average Bonchev–Trinajstić information content (AvgIpc) is 3.20. The third kappa shape index (κ3) is 7.48. The molecule has 1 aromatic carbocycles. The molecule has 1 saturated heterocycles. The number of aryl methyl sites for hydroxylation is 1. The molecule has 0 bridgehead atoms. The molecule has 2 aromatic rings. The molecule has 1 aliphatic rings. The number of morpholine rings is 1. The Morgan fingerprint density at radius 3 is 2.77 bits per heavy atom. The standard InChI is InChI=1S/C21H26F3N3O3S/c1-3-18-12-25-20(31-18)19(16-5-4-6-17(11-16)30-21(22,23)24)26-29-14-15(2)13-27-7-9-28-10-8-27/h4-6,11-12,15H,3,7-10,13-14H2,1-2H3/b26-19-. The van der Waals surface area contributed by atoms with Crippen molar-refractivity contribution in [3.8, 4) is 5.75 Å². The van der Waals surface area contributed by atoms with E-state index in [1.807, 2.05) is 6.92 Å². The van der Waals surface area contributed by atoms with Crippen molar-refractivity contribution < 1.29 is 27.5 Å². The zero-order valence-electron chi connectivity index (χ0n) is 17.5. The fourth-order valence-electron chi connectivity index (χ4n) is 3.14. The van der Waals surface area contributed by atoms with Gasteiger partial charge in [-0.25, -0.2) is 4.98 Å². The van der Waals surface area contributed by atoms with Crippen molar-refractivity contribution in [3.05, 3.63) is 45.9 Å². The predicted octanol–water partition coefficient (Wildman–Crippen LogP) is 4.34. The summed E-state index contributed by atoms with van der Waals surface area (Å²) < 4.78 is 47.3. The topological polar surface area (TPSA) is 56.2 Å². The van der Waals surface area contributed by atoms with E-state index >= 15 is 0 Å². The minimum absolute atomic E-state index is 0.227. The third-order valence-electron chi connectivity index (χ3n) is 4.63. The molecule has 0 radical (unpaired) electrons. The first-order chi connectivity index (χ1) is 14.8. The molecule has 6 nitrogen and oxygen atoms in total. The van der Waals surface area contributed by atoms with Crippen LogP contribution in [0.4, 0.5) is 13.2 Å². The molecule has 1 fully saturated rings. The number of rotatable bonds is 9. The SMILES string of the molecule is CCc1cnc(/C(=N\OCC(C)CN2CCOCC2)c2cccc(OC(F)(F)F)c2)s1. The molecule has 170 valence electrons. The number of aromatic nitrogens is 1. The summed E-state index contributed by atoms with van der Waals surface area (Å²) >= 11 is 1.44. The van der Waals surface area contributed by atoms with E-state index in [1.165, 1.54) is 29.5 Å². The maximum absolute atomic E-state index is 12.6. The largest absolute Gasteiger partial charge is 0.573 e. The van der Waals surface area contributed by atoms with Gasteiger partial charge >= 0.3 is 6.36 Å². The Morgan fingerprint density at radius 1 is 1.32 bits per heavy atom. The van der Waals surface area contributed by atoms with Gasteiger partial charge in [0.25, 0.3) is 0 Å². The van der Waals surface area contributed by atoms with Crippen LogP contribution in [-0.2, 0) is 16.0 Å². The van der Waals surface area contributed by atoms with Crippen molar-refractivity contribution in [3.63, 3.8) is 0 Å². The predicted molar refractivity (Wildman–Crippen MR) is 113 cm³/mol. The van der Waals surface area contributed by atoms with Gasteiger partial charge in [-0.05, 0) is 18.6 Å². The molecular weight excluding hydrogens is 431 g/mol. The third-order valence-corrected chi connectivity index (χ3v) is 5.78. The van der Waals surface area contributed by atoms with Gasteiger partial charge in [0.1, 0.15) is 23.1 Å². The van der Waals surface area contributed by atoms with E-state index in [2.05, 4.69) is 26.7 Å². The summed E-state index contributed by atoms with van der Waals surface area (Å²) in [6.07, 6.45) is -2.22. The van der Waals surface area contributed by atoms with Gasteiger partial charge in [-0.15, -0.1) is 24.5 Å². The molecule has 1 aromatic heterocycles. The van der Waals surface area contributed by atoms with Crippen LogP contribution in [-0.4, -0.2) is 61.4 Å². The number of nitrogens with zero attached hydrogens (tertiary/aromatic N) is 3. The fraction of sp³-hybridized carbons (Fsp3) is 0.524. The van der Waals surface area contributed by atoms with Crippen molar-refractivity contribution in [2.45, 2.75) is 26.6 Å². The van der Waals surface area contributed by atoms with Gasteiger partial charge in [-0.3, -0.25) is 4.90 Å². The number of ether oxygens (including phenoxy) is 2. The van der Waals surface area contributed by atoms with Gasteiger partial charge < -0.3 is 14.3 Å². The molecule has 1 aliphatic heterocycles. The van der Waals surface area contributed by atoms with Crippen molar-refractivity contribution in [2.24, 2.45) is 11.1 Å². The summed E-state index contributed by atoms with van der Waals surface area (Å²) in [5, 5.41) is 4.85. The lowest BCUT2D eigenvalue weighted by Gasteiger charge is -2.28. The highest BCUT2D eigenvalue weighted by molar-refractivity contribution is 7.13. The van der Waals surface area contributed by atoms with Crippen molar-refractivity contribution in [2.75, 3.05) is 39.5 Å². The Labute approximate surface area is 183 Å². The minimum atomic E-state index is -4.77. The number of hydrogen-bond acceptors (Lipinski definition) is 7. The van der Waals surface area contributed by atoms with Crippen LogP contribution < -0.4 is 4.74 Å². The fourth-order valence-corrected chi connectivity index (χ4v) is 4.00. The monoisotopic (exact) mass is 457 g/mol. The molecule has 0 saturated carbocycles. The van der Waals surface area contributed by atoms with E-state index in [4.69, 9.17) is 9.57 Å².